The fraction of sp³-hybridized carbons (Fsp3) is 0.531. The number of piperidine rings is 1. The molecule has 40 heavy (non-hydrogen) atoms. The van der Waals surface area contributed by atoms with Gasteiger partial charge >= 0.3 is 5.97 Å². The van der Waals surface area contributed by atoms with Crippen molar-refractivity contribution in [2.45, 2.75) is 89.6 Å². The van der Waals surface area contributed by atoms with Gasteiger partial charge in [-0.3, -0.25) is 9.59 Å². The molecule has 5 unspecified atom stereocenters. The lowest BCUT2D eigenvalue weighted by atomic mass is 9.89. The number of hydrogen-bond acceptors (Lipinski definition) is 6. The number of Topliss-reactive ketones (excluding diaryl/α,β-unsaturated/α-hetero) is 1. The summed E-state index contributed by atoms with van der Waals surface area (Å²) in [6.45, 7) is 7.95. The first-order valence-corrected chi connectivity index (χ1v) is 16.7. The van der Waals surface area contributed by atoms with E-state index in [0.717, 1.165) is 37.0 Å². The predicted octanol–water partition coefficient (Wildman–Crippen LogP) is 6.33. The Morgan fingerprint density at radius 1 is 1.07 bits per heavy atom. The van der Waals surface area contributed by atoms with Crippen LogP contribution in [0.5, 0.6) is 0 Å². The molecular weight excluding hydrogens is 540 g/mol. The largest absolute Gasteiger partial charge is 0.480 e. The Bertz CT molecular complexity index is 1130. The van der Waals surface area contributed by atoms with Gasteiger partial charge in [0.15, 0.2) is 0 Å². The highest BCUT2D eigenvalue weighted by molar-refractivity contribution is 8.77. The summed E-state index contributed by atoms with van der Waals surface area (Å²) in [5, 5.41) is 9.45. The maximum absolute atomic E-state index is 12.6. The quantitative estimate of drug-likeness (QED) is 0.315. The molecule has 1 fully saturated rings. The smallest absolute Gasteiger partial charge is 0.326 e. The van der Waals surface area contributed by atoms with E-state index in [1.807, 2.05) is 43.3 Å². The van der Waals surface area contributed by atoms with Gasteiger partial charge in [-0.25, -0.2) is 4.79 Å². The Morgan fingerprint density at radius 2 is 1.75 bits per heavy atom. The lowest BCUT2D eigenvalue weighted by molar-refractivity contribution is -0.156. The van der Waals surface area contributed by atoms with Crippen LogP contribution in [-0.4, -0.2) is 50.8 Å². The molecule has 2 aromatic rings. The van der Waals surface area contributed by atoms with Crippen LogP contribution in [0.2, 0.25) is 0 Å². The maximum Gasteiger partial charge on any atom is 0.326 e. The Hall–Kier alpha value is -2.29. The van der Waals surface area contributed by atoms with Gasteiger partial charge in [0.2, 0.25) is 5.91 Å². The van der Waals surface area contributed by atoms with Gasteiger partial charge in [0.05, 0.1) is 11.3 Å². The minimum absolute atomic E-state index is 0.0155. The molecule has 8 heteroatoms. The van der Waals surface area contributed by atoms with Crippen LogP contribution in [0.3, 0.4) is 0 Å². The van der Waals surface area contributed by atoms with Gasteiger partial charge in [-0.15, -0.1) is 0 Å². The van der Waals surface area contributed by atoms with Crippen LogP contribution in [0.15, 0.2) is 54.6 Å². The van der Waals surface area contributed by atoms with Crippen molar-refractivity contribution in [3.63, 3.8) is 0 Å². The summed E-state index contributed by atoms with van der Waals surface area (Å²) in [7, 11) is 3.40. The lowest BCUT2D eigenvalue weighted by Crippen LogP contribution is -2.50. The molecule has 2 aliphatic heterocycles. The van der Waals surface area contributed by atoms with E-state index in [2.05, 4.69) is 32.0 Å². The molecule has 0 spiro atoms. The van der Waals surface area contributed by atoms with Gasteiger partial charge in [-0.05, 0) is 68.1 Å². The van der Waals surface area contributed by atoms with E-state index < -0.39 is 12.0 Å². The fourth-order valence-corrected chi connectivity index (χ4v) is 8.34. The van der Waals surface area contributed by atoms with Gasteiger partial charge in [0, 0.05) is 17.7 Å². The van der Waals surface area contributed by atoms with Crippen molar-refractivity contribution in [3.8, 4) is 0 Å². The van der Waals surface area contributed by atoms with E-state index >= 15 is 0 Å². The average molecular weight is 585 g/mol. The van der Waals surface area contributed by atoms with Gasteiger partial charge in [-0.1, -0.05) is 97.0 Å². The molecule has 1 saturated heterocycles. The summed E-state index contributed by atoms with van der Waals surface area (Å²) in [5.41, 5.74) is 9.61. The van der Waals surface area contributed by atoms with Crippen LogP contribution < -0.4 is 5.73 Å². The van der Waals surface area contributed by atoms with Gasteiger partial charge in [0.1, 0.15) is 11.8 Å². The molecule has 4 rings (SSSR count). The number of ketones is 1. The number of carboxylic acid groups (broad SMARTS) is 1. The zero-order chi connectivity index (χ0) is 29.2. The number of carboxylic acids is 1. The Kier molecular flexibility index (Phi) is 12.6. The molecular formula is C32H44N2O4S2. The third-order valence-electron chi connectivity index (χ3n) is 7.49. The Morgan fingerprint density at radius 3 is 2.40 bits per heavy atom. The number of benzene rings is 2. The number of hydrogen-bond donors (Lipinski definition) is 2. The van der Waals surface area contributed by atoms with Crippen LogP contribution in [0.25, 0.3) is 0 Å². The zero-order valence-electron chi connectivity index (χ0n) is 24.1. The van der Waals surface area contributed by atoms with Crippen LogP contribution in [0.1, 0.15) is 76.1 Å². The molecule has 0 aromatic heterocycles. The third-order valence-corrected chi connectivity index (χ3v) is 10.4. The first-order chi connectivity index (χ1) is 19.1. The van der Waals surface area contributed by atoms with Crippen LogP contribution in [0, 0.1) is 11.8 Å². The third kappa shape index (κ3) is 9.11. The zero-order valence-corrected chi connectivity index (χ0v) is 25.8. The van der Waals surface area contributed by atoms with Crippen molar-refractivity contribution in [1.82, 2.24) is 4.90 Å². The number of carbonyl (C=O) groups excluding carboxylic acids is 2. The van der Waals surface area contributed by atoms with Crippen molar-refractivity contribution in [3.05, 3.63) is 71.3 Å². The molecule has 0 radical (unpaired) electrons. The van der Waals surface area contributed by atoms with Crippen molar-refractivity contribution >= 4 is 39.2 Å². The topological polar surface area (TPSA) is 101 Å². The number of amides is 1. The Balaban J connectivity index is 0.000000220. The number of carbonyl (C=O) groups is 3. The number of nitrogens with two attached hydrogens (primary N) is 1. The summed E-state index contributed by atoms with van der Waals surface area (Å²) >= 11 is 0. The van der Waals surface area contributed by atoms with E-state index in [0.29, 0.717) is 18.8 Å². The fourth-order valence-electron chi connectivity index (χ4n) is 5.53. The first-order valence-electron chi connectivity index (χ1n) is 14.3. The lowest BCUT2D eigenvalue weighted by Gasteiger charge is -2.40. The minimum Gasteiger partial charge on any atom is -0.480 e. The van der Waals surface area contributed by atoms with E-state index in [-0.39, 0.29) is 34.9 Å². The van der Waals surface area contributed by atoms with E-state index in [9.17, 15) is 19.5 Å². The molecule has 2 aliphatic rings. The molecule has 218 valence electrons. The van der Waals surface area contributed by atoms with Crippen molar-refractivity contribution in [2.75, 3.05) is 5.75 Å². The van der Waals surface area contributed by atoms with E-state index in [1.54, 1.807) is 33.4 Å². The second-order valence-electron chi connectivity index (χ2n) is 11.4. The summed E-state index contributed by atoms with van der Waals surface area (Å²) in [5.74, 6) is 0.725. The number of fused-ring (bicyclic) bond motifs is 3. The van der Waals surface area contributed by atoms with Crippen molar-refractivity contribution in [1.29, 1.82) is 0 Å². The molecule has 2 aromatic carbocycles. The summed E-state index contributed by atoms with van der Waals surface area (Å²) in [6.07, 6.45) is 4.82. The Labute approximate surface area is 247 Å². The molecule has 3 N–H and O–H groups in total. The second-order valence-corrected chi connectivity index (χ2v) is 14.0. The average Bonchev–Trinajstić information content (AvgIpc) is 3.02. The molecule has 0 aliphatic carbocycles. The molecule has 5 atom stereocenters. The first kappa shape index (κ1) is 32.2. The highest BCUT2D eigenvalue weighted by atomic mass is 33.1. The van der Waals surface area contributed by atoms with Gasteiger partial charge in [-0.2, -0.15) is 0 Å². The maximum atomic E-state index is 12.6. The SMILES string of the molecule is CC(=O)C(Cc1ccccc1)SSCC(N)CC(C)C.CC1Cc2ccccc2C2CCCC(C(=O)O)N2C1=O. The van der Waals surface area contributed by atoms with Crippen LogP contribution in [-0.2, 0) is 27.2 Å². The molecule has 1 amide bonds. The molecule has 2 heterocycles. The molecule has 0 saturated carbocycles. The monoisotopic (exact) mass is 584 g/mol. The standard InChI is InChI=1S/C16H19NO3.C16H25NOS2/c1-10-9-11-5-2-3-6-12(11)13-7-4-8-14(16(19)20)17(13)15(10)18;1-12(2)9-15(17)11-19-20-16(13(3)18)10-14-7-5-4-6-8-14/h2-3,5-6,10,13-14H,4,7-9H2,1H3,(H,19,20);4-8,12,15-16H,9-11,17H2,1-3H3. The highest BCUT2D eigenvalue weighted by Gasteiger charge is 2.42. The molecule has 0 bridgehead atoms. The summed E-state index contributed by atoms with van der Waals surface area (Å²) in [4.78, 5) is 37.5. The van der Waals surface area contributed by atoms with E-state index in [4.69, 9.17) is 5.73 Å². The van der Waals surface area contributed by atoms with Crippen molar-refractivity contribution in [2.24, 2.45) is 17.6 Å². The normalized spacial score (nSPS) is 21.8. The number of rotatable bonds is 10. The summed E-state index contributed by atoms with van der Waals surface area (Å²) in [6, 6.07) is 17.7. The highest BCUT2D eigenvalue weighted by Crippen LogP contribution is 2.40. The van der Waals surface area contributed by atoms with Crippen LogP contribution in [0.4, 0.5) is 0 Å². The van der Waals surface area contributed by atoms with Gasteiger partial charge < -0.3 is 15.7 Å². The molecule has 6 nitrogen and oxygen atoms in total. The predicted molar refractivity (Wildman–Crippen MR) is 166 cm³/mol. The number of aliphatic carboxylic acids is 1. The van der Waals surface area contributed by atoms with Gasteiger partial charge in [0.25, 0.3) is 0 Å². The second kappa shape index (κ2) is 15.6. The van der Waals surface area contributed by atoms with Crippen molar-refractivity contribution < 1.29 is 19.5 Å². The summed E-state index contributed by atoms with van der Waals surface area (Å²) < 4.78 is 0. The number of nitrogens with zero attached hydrogens (tertiary/aromatic N) is 1. The van der Waals surface area contributed by atoms with E-state index in [1.165, 1.54) is 11.1 Å². The minimum atomic E-state index is -0.880. The van der Waals surface area contributed by atoms with Crippen LogP contribution >= 0.6 is 21.6 Å².